The second kappa shape index (κ2) is 8.68. The summed E-state index contributed by atoms with van der Waals surface area (Å²) in [5.41, 5.74) is 5.89. The SMILES string of the molecule is COCCOCCOc1ccc2c(c1Cc1ccccc1)C(C)(C)C(C)=N2. The van der Waals surface area contributed by atoms with Gasteiger partial charge in [-0.1, -0.05) is 44.2 Å². The number of hydrogen-bond acceptors (Lipinski definition) is 4. The minimum atomic E-state index is -0.0895. The molecule has 0 unspecified atom stereocenters. The lowest BCUT2D eigenvalue weighted by Crippen LogP contribution is -2.24. The summed E-state index contributed by atoms with van der Waals surface area (Å²) in [4.78, 5) is 4.80. The van der Waals surface area contributed by atoms with Gasteiger partial charge in [-0.25, -0.2) is 0 Å². The first-order valence-electron chi connectivity index (χ1n) is 9.49. The van der Waals surface area contributed by atoms with Gasteiger partial charge < -0.3 is 14.2 Å². The van der Waals surface area contributed by atoms with Gasteiger partial charge in [-0.2, -0.15) is 0 Å². The molecule has 0 saturated heterocycles. The summed E-state index contributed by atoms with van der Waals surface area (Å²) < 4.78 is 16.7. The monoisotopic (exact) mass is 367 g/mol. The van der Waals surface area contributed by atoms with Gasteiger partial charge in [0.15, 0.2) is 0 Å². The lowest BCUT2D eigenvalue weighted by atomic mass is 9.78. The molecule has 0 amide bonds. The van der Waals surface area contributed by atoms with E-state index in [1.807, 2.05) is 12.1 Å². The van der Waals surface area contributed by atoms with Crippen LogP contribution in [0.2, 0.25) is 0 Å². The number of rotatable bonds is 9. The maximum Gasteiger partial charge on any atom is 0.123 e. The lowest BCUT2D eigenvalue weighted by Gasteiger charge is -2.25. The van der Waals surface area contributed by atoms with E-state index in [0.29, 0.717) is 26.4 Å². The minimum Gasteiger partial charge on any atom is -0.491 e. The molecule has 0 saturated carbocycles. The molecule has 2 aromatic rings. The van der Waals surface area contributed by atoms with Gasteiger partial charge >= 0.3 is 0 Å². The van der Waals surface area contributed by atoms with Crippen molar-refractivity contribution in [3.05, 3.63) is 59.2 Å². The van der Waals surface area contributed by atoms with E-state index in [2.05, 4.69) is 51.1 Å². The van der Waals surface area contributed by atoms with E-state index in [1.54, 1.807) is 7.11 Å². The molecule has 144 valence electrons. The van der Waals surface area contributed by atoms with Crippen LogP contribution in [0.3, 0.4) is 0 Å². The van der Waals surface area contributed by atoms with Gasteiger partial charge in [0.2, 0.25) is 0 Å². The Hall–Kier alpha value is -2.17. The van der Waals surface area contributed by atoms with Crippen molar-refractivity contribution in [3.63, 3.8) is 0 Å². The zero-order valence-corrected chi connectivity index (χ0v) is 16.7. The summed E-state index contributed by atoms with van der Waals surface area (Å²) in [6.45, 7) is 8.84. The Labute approximate surface area is 162 Å². The van der Waals surface area contributed by atoms with Crippen LogP contribution in [0.1, 0.15) is 37.5 Å². The van der Waals surface area contributed by atoms with Gasteiger partial charge in [-0.05, 0) is 30.2 Å². The van der Waals surface area contributed by atoms with Gasteiger partial charge in [0, 0.05) is 30.2 Å². The van der Waals surface area contributed by atoms with E-state index in [1.165, 1.54) is 16.7 Å². The molecule has 0 atom stereocenters. The third-order valence-electron chi connectivity index (χ3n) is 5.21. The number of hydrogen-bond donors (Lipinski definition) is 0. The second-order valence-corrected chi connectivity index (χ2v) is 7.37. The lowest BCUT2D eigenvalue weighted by molar-refractivity contribution is 0.0543. The molecule has 0 fully saturated rings. The van der Waals surface area contributed by atoms with Crippen LogP contribution in [0.4, 0.5) is 5.69 Å². The van der Waals surface area contributed by atoms with Crippen LogP contribution < -0.4 is 4.74 Å². The molecule has 0 N–H and O–H groups in total. The Kier molecular flexibility index (Phi) is 6.30. The molecule has 0 bridgehead atoms. The van der Waals surface area contributed by atoms with Crippen molar-refractivity contribution in [2.45, 2.75) is 32.6 Å². The summed E-state index contributed by atoms with van der Waals surface area (Å²) >= 11 is 0. The first-order chi connectivity index (χ1) is 13.0. The molecule has 3 rings (SSSR count). The largest absolute Gasteiger partial charge is 0.491 e. The maximum atomic E-state index is 6.13. The van der Waals surface area contributed by atoms with E-state index in [-0.39, 0.29) is 5.41 Å². The molecular formula is C23H29NO3. The topological polar surface area (TPSA) is 40.0 Å². The van der Waals surface area contributed by atoms with Crippen molar-refractivity contribution in [2.24, 2.45) is 4.99 Å². The highest BCUT2D eigenvalue weighted by Crippen LogP contribution is 2.45. The van der Waals surface area contributed by atoms with Crippen molar-refractivity contribution < 1.29 is 14.2 Å². The molecule has 27 heavy (non-hydrogen) atoms. The fourth-order valence-electron chi connectivity index (χ4n) is 3.47. The highest BCUT2D eigenvalue weighted by molar-refractivity contribution is 6.00. The van der Waals surface area contributed by atoms with Crippen LogP contribution in [0.5, 0.6) is 5.75 Å². The fraction of sp³-hybridized carbons (Fsp3) is 0.435. The highest BCUT2D eigenvalue weighted by Gasteiger charge is 2.35. The summed E-state index contributed by atoms with van der Waals surface area (Å²) in [5.74, 6) is 0.922. The first-order valence-corrected chi connectivity index (χ1v) is 9.49. The molecule has 0 spiro atoms. The van der Waals surface area contributed by atoms with Gasteiger partial charge in [0.05, 0.1) is 25.5 Å². The third kappa shape index (κ3) is 4.40. The summed E-state index contributed by atoms with van der Waals surface area (Å²) in [6, 6.07) is 14.6. The Morgan fingerprint density at radius 3 is 2.41 bits per heavy atom. The molecular weight excluding hydrogens is 338 g/mol. The molecule has 4 heteroatoms. The van der Waals surface area contributed by atoms with E-state index in [0.717, 1.165) is 23.6 Å². The normalized spacial score (nSPS) is 14.7. The van der Waals surface area contributed by atoms with E-state index in [4.69, 9.17) is 19.2 Å². The average molecular weight is 367 g/mol. The molecule has 2 aromatic carbocycles. The minimum absolute atomic E-state index is 0.0895. The number of ether oxygens (including phenoxy) is 3. The third-order valence-corrected chi connectivity index (χ3v) is 5.21. The van der Waals surface area contributed by atoms with Gasteiger partial charge in [-0.15, -0.1) is 0 Å². The van der Waals surface area contributed by atoms with Gasteiger partial charge in [0.1, 0.15) is 12.4 Å². The van der Waals surface area contributed by atoms with Crippen LogP contribution in [0, 0.1) is 0 Å². The Balaban J connectivity index is 1.84. The van der Waals surface area contributed by atoms with Crippen LogP contribution in [-0.4, -0.2) is 39.2 Å². The number of nitrogens with zero attached hydrogens (tertiary/aromatic N) is 1. The zero-order chi connectivity index (χ0) is 19.3. The summed E-state index contributed by atoms with van der Waals surface area (Å²) in [6.07, 6.45) is 0.829. The standard InChI is InChI=1S/C23H29NO3/c1-17-23(2,3)22-19(16-18-8-6-5-7-9-18)21(11-10-20(22)24-17)27-15-14-26-13-12-25-4/h5-11H,12-16H2,1-4H3. The smallest absolute Gasteiger partial charge is 0.123 e. The first kappa shape index (κ1) is 19.6. The van der Waals surface area contributed by atoms with Crippen molar-refractivity contribution in [3.8, 4) is 5.75 Å². The number of benzene rings is 2. The van der Waals surface area contributed by atoms with Crippen molar-refractivity contribution in [2.75, 3.05) is 33.5 Å². The molecule has 1 aliphatic heterocycles. The van der Waals surface area contributed by atoms with Crippen LogP contribution in [-0.2, 0) is 21.3 Å². The van der Waals surface area contributed by atoms with E-state index < -0.39 is 0 Å². The molecule has 0 radical (unpaired) electrons. The number of fused-ring (bicyclic) bond motifs is 1. The van der Waals surface area contributed by atoms with Crippen LogP contribution in [0.15, 0.2) is 47.5 Å². The molecule has 1 aliphatic rings. The molecule has 0 aliphatic carbocycles. The Morgan fingerprint density at radius 1 is 0.926 bits per heavy atom. The van der Waals surface area contributed by atoms with Crippen LogP contribution >= 0.6 is 0 Å². The van der Waals surface area contributed by atoms with Crippen molar-refractivity contribution >= 4 is 11.4 Å². The molecule has 4 nitrogen and oxygen atoms in total. The number of methoxy groups -OCH3 is 1. The van der Waals surface area contributed by atoms with Crippen molar-refractivity contribution in [1.29, 1.82) is 0 Å². The summed E-state index contributed by atoms with van der Waals surface area (Å²) in [5, 5.41) is 0. The van der Waals surface area contributed by atoms with Crippen LogP contribution in [0.25, 0.3) is 0 Å². The fourth-order valence-corrected chi connectivity index (χ4v) is 3.47. The maximum absolute atomic E-state index is 6.13. The predicted octanol–water partition coefficient (Wildman–Crippen LogP) is 4.70. The zero-order valence-electron chi connectivity index (χ0n) is 16.7. The summed E-state index contributed by atoms with van der Waals surface area (Å²) in [7, 11) is 1.67. The highest BCUT2D eigenvalue weighted by atomic mass is 16.5. The Morgan fingerprint density at radius 2 is 1.67 bits per heavy atom. The quantitative estimate of drug-likeness (QED) is 0.603. The Bertz CT molecular complexity index is 797. The predicted molar refractivity (Wildman–Crippen MR) is 110 cm³/mol. The van der Waals surface area contributed by atoms with E-state index >= 15 is 0 Å². The molecule has 1 heterocycles. The van der Waals surface area contributed by atoms with E-state index in [9.17, 15) is 0 Å². The molecule has 0 aromatic heterocycles. The average Bonchev–Trinajstić information content (AvgIpc) is 2.89. The van der Waals surface area contributed by atoms with Gasteiger partial charge in [0.25, 0.3) is 0 Å². The van der Waals surface area contributed by atoms with Gasteiger partial charge in [-0.3, -0.25) is 4.99 Å². The number of aliphatic imine (C=N–C) groups is 1. The second-order valence-electron chi connectivity index (χ2n) is 7.37. The van der Waals surface area contributed by atoms with Crippen molar-refractivity contribution in [1.82, 2.24) is 0 Å².